The lowest BCUT2D eigenvalue weighted by Crippen LogP contribution is -2.30. The predicted octanol–water partition coefficient (Wildman–Crippen LogP) is 3.27. The second kappa shape index (κ2) is 8.79. The van der Waals surface area contributed by atoms with E-state index >= 15 is 0 Å². The van der Waals surface area contributed by atoms with Crippen molar-refractivity contribution in [2.45, 2.75) is 51.0 Å². The van der Waals surface area contributed by atoms with E-state index in [1.807, 2.05) is 12.1 Å². The Labute approximate surface area is 133 Å². The number of unbranched alkanes of at least 4 members (excludes halogenated alkanes) is 3. The molecule has 22 heavy (non-hydrogen) atoms. The van der Waals surface area contributed by atoms with Crippen LogP contribution in [-0.2, 0) is 4.79 Å². The first-order chi connectivity index (χ1) is 10.8. The first-order valence-corrected chi connectivity index (χ1v) is 8.39. The Hall–Kier alpha value is -1.55. The zero-order valence-corrected chi connectivity index (χ0v) is 13.6. The van der Waals surface area contributed by atoms with Crippen LogP contribution in [0.15, 0.2) is 24.3 Å². The largest absolute Gasteiger partial charge is 0.497 e. The molecule has 1 aromatic rings. The van der Waals surface area contributed by atoms with E-state index in [1.165, 1.54) is 5.56 Å². The molecule has 1 aliphatic heterocycles. The summed E-state index contributed by atoms with van der Waals surface area (Å²) in [5, 5.41) is 0. The Balaban J connectivity index is 1.90. The van der Waals surface area contributed by atoms with Crippen molar-refractivity contribution in [3.8, 4) is 5.75 Å². The summed E-state index contributed by atoms with van der Waals surface area (Å²) in [5.41, 5.74) is 6.68. The van der Waals surface area contributed by atoms with Crippen molar-refractivity contribution >= 4 is 5.91 Å². The highest BCUT2D eigenvalue weighted by molar-refractivity contribution is 5.77. The highest BCUT2D eigenvalue weighted by atomic mass is 16.5. The monoisotopic (exact) mass is 304 g/mol. The number of hydrogen-bond acceptors (Lipinski definition) is 3. The molecular formula is C18H28N2O2. The topological polar surface area (TPSA) is 55.6 Å². The average Bonchev–Trinajstić information content (AvgIpc) is 3.04. The molecule has 4 nitrogen and oxygen atoms in total. The van der Waals surface area contributed by atoms with Crippen LogP contribution in [-0.4, -0.2) is 31.0 Å². The second-order valence-corrected chi connectivity index (χ2v) is 5.97. The van der Waals surface area contributed by atoms with Gasteiger partial charge in [-0.25, -0.2) is 0 Å². The summed E-state index contributed by atoms with van der Waals surface area (Å²) in [6, 6.07) is 8.31. The molecule has 1 aromatic carbocycles. The zero-order valence-electron chi connectivity index (χ0n) is 13.6. The summed E-state index contributed by atoms with van der Waals surface area (Å²) in [6.45, 7) is 1.63. The fourth-order valence-corrected chi connectivity index (χ4v) is 3.18. The maximum Gasteiger partial charge on any atom is 0.223 e. The molecule has 1 amide bonds. The fraction of sp³-hybridized carbons (Fsp3) is 0.611. The van der Waals surface area contributed by atoms with E-state index in [4.69, 9.17) is 10.5 Å². The van der Waals surface area contributed by atoms with Crippen molar-refractivity contribution in [3.63, 3.8) is 0 Å². The number of hydrogen-bond donors (Lipinski definition) is 1. The molecule has 1 fully saturated rings. The minimum Gasteiger partial charge on any atom is -0.497 e. The van der Waals surface area contributed by atoms with Gasteiger partial charge < -0.3 is 15.4 Å². The lowest BCUT2D eigenvalue weighted by Gasteiger charge is -2.25. The second-order valence-electron chi connectivity index (χ2n) is 5.97. The molecule has 2 rings (SSSR count). The first kappa shape index (κ1) is 16.8. The molecule has 0 spiro atoms. The third-order valence-electron chi connectivity index (χ3n) is 4.40. The maximum absolute atomic E-state index is 12.5. The van der Waals surface area contributed by atoms with Crippen LogP contribution in [0.3, 0.4) is 0 Å². The molecule has 0 radical (unpaired) electrons. The van der Waals surface area contributed by atoms with E-state index in [0.717, 1.165) is 57.4 Å². The molecule has 1 saturated heterocycles. The van der Waals surface area contributed by atoms with Crippen LogP contribution in [0, 0.1) is 0 Å². The van der Waals surface area contributed by atoms with Crippen molar-refractivity contribution in [1.82, 2.24) is 4.90 Å². The molecule has 1 aliphatic rings. The molecule has 1 heterocycles. The van der Waals surface area contributed by atoms with E-state index in [2.05, 4.69) is 17.0 Å². The summed E-state index contributed by atoms with van der Waals surface area (Å²) in [6.07, 6.45) is 7.05. The van der Waals surface area contributed by atoms with Crippen LogP contribution >= 0.6 is 0 Å². The van der Waals surface area contributed by atoms with Gasteiger partial charge in [0.25, 0.3) is 0 Å². The van der Waals surface area contributed by atoms with Gasteiger partial charge in [0.2, 0.25) is 5.91 Å². The van der Waals surface area contributed by atoms with E-state index < -0.39 is 0 Å². The van der Waals surface area contributed by atoms with Gasteiger partial charge in [0.05, 0.1) is 13.2 Å². The number of likely N-dealkylation sites (tertiary alicyclic amines) is 1. The van der Waals surface area contributed by atoms with Crippen LogP contribution in [0.2, 0.25) is 0 Å². The summed E-state index contributed by atoms with van der Waals surface area (Å²) in [5.74, 6) is 1.15. The normalized spacial score (nSPS) is 17.7. The number of carbonyl (C=O) groups excluding carboxylic acids is 1. The number of rotatable bonds is 8. The van der Waals surface area contributed by atoms with Gasteiger partial charge in [0.15, 0.2) is 0 Å². The maximum atomic E-state index is 12.5. The third-order valence-corrected chi connectivity index (χ3v) is 4.40. The van der Waals surface area contributed by atoms with E-state index in [9.17, 15) is 4.79 Å². The predicted molar refractivity (Wildman–Crippen MR) is 88.8 cm³/mol. The number of nitrogens with zero attached hydrogens (tertiary/aromatic N) is 1. The van der Waals surface area contributed by atoms with Gasteiger partial charge in [0.1, 0.15) is 5.75 Å². The molecule has 122 valence electrons. The Kier molecular flexibility index (Phi) is 6.72. The Morgan fingerprint density at radius 3 is 2.91 bits per heavy atom. The van der Waals surface area contributed by atoms with Crippen LogP contribution in [0.1, 0.15) is 56.6 Å². The van der Waals surface area contributed by atoms with E-state index in [-0.39, 0.29) is 11.9 Å². The van der Waals surface area contributed by atoms with Crippen LogP contribution < -0.4 is 10.5 Å². The molecule has 0 bridgehead atoms. The fourth-order valence-electron chi connectivity index (χ4n) is 3.18. The zero-order chi connectivity index (χ0) is 15.8. The molecule has 4 heteroatoms. The van der Waals surface area contributed by atoms with E-state index in [0.29, 0.717) is 6.42 Å². The number of benzene rings is 1. The van der Waals surface area contributed by atoms with Gasteiger partial charge in [-0.3, -0.25) is 4.79 Å². The van der Waals surface area contributed by atoms with Crippen LogP contribution in [0.25, 0.3) is 0 Å². The molecule has 0 saturated carbocycles. The number of nitrogens with two attached hydrogens (primary N) is 1. The first-order valence-electron chi connectivity index (χ1n) is 8.39. The summed E-state index contributed by atoms with van der Waals surface area (Å²) >= 11 is 0. The quantitative estimate of drug-likeness (QED) is 0.750. The molecular weight excluding hydrogens is 276 g/mol. The lowest BCUT2D eigenvalue weighted by molar-refractivity contribution is -0.132. The van der Waals surface area contributed by atoms with Crippen molar-refractivity contribution in [3.05, 3.63) is 29.8 Å². The molecule has 1 unspecified atom stereocenters. The summed E-state index contributed by atoms with van der Waals surface area (Å²) in [4.78, 5) is 14.5. The minimum atomic E-state index is 0.214. The van der Waals surface area contributed by atoms with Gasteiger partial charge in [-0.05, 0) is 49.9 Å². The van der Waals surface area contributed by atoms with Gasteiger partial charge in [-0.2, -0.15) is 0 Å². The van der Waals surface area contributed by atoms with Gasteiger partial charge >= 0.3 is 0 Å². The Morgan fingerprint density at radius 1 is 1.32 bits per heavy atom. The van der Waals surface area contributed by atoms with Gasteiger partial charge in [0, 0.05) is 13.0 Å². The number of methoxy groups -OCH3 is 1. The summed E-state index contributed by atoms with van der Waals surface area (Å²) < 4.78 is 5.30. The molecule has 1 atom stereocenters. The Bertz CT molecular complexity index is 476. The van der Waals surface area contributed by atoms with Crippen molar-refractivity contribution in [1.29, 1.82) is 0 Å². The Morgan fingerprint density at radius 2 is 2.14 bits per heavy atom. The summed E-state index contributed by atoms with van der Waals surface area (Å²) in [7, 11) is 1.68. The number of carbonyl (C=O) groups is 1. The minimum absolute atomic E-state index is 0.214. The highest BCUT2D eigenvalue weighted by Gasteiger charge is 2.29. The molecule has 0 aliphatic carbocycles. The molecule has 2 N–H and O–H groups in total. The smallest absolute Gasteiger partial charge is 0.223 e. The van der Waals surface area contributed by atoms with Crippen LogP contribution in [0.5, 0.6) is 5.75 Å². The molecule has 0 aromatic heterocycles. The third kappa shape index (κ3) is 4.47. The standard InChI is InChI=1S/C18H28N2O2/c1-22-16-9-6-8-15(14-16)17-10-7-13-20(17)18(21)11-4-2-3-5-12-19/h6,8-9,14,17H,2-5,7,10-13,19H2,1H3. The van der Waals surface area contributed by atoms with Gasteiger partial charge in [-0.1, -0.05) is 25.0 Å². The van der Waals surface area contributed by atoms with Gasteiger partial charge in [-0.15, -0.1) is 0 Å². The number of amides is 1. The van der Waals surface area contributed by atoms with Crippen LogP contribution in [0.4, 0.5) is 0 Å². The SMILES string of the molecule is COc1cccc(C2CCCN2C(=O)CCCCCCN)c1. The highest BCUT2D eigenvalue weighted by Crippen LogP contribution is 2.34. The lowest BCUT2D eigenvalue weighted by atomic mass is 10.0. The average molecular weight is 304 g/mol. The van der Waals surface area contributed by atoms with Crippen molar-refractivity contribution in [2.24, 2.45) is 5.73 Å². The number of ether oxygens (including phenoxy) is 1. The van der Waals surface area contributed by atoms with Crippen molar-refractivity contribution in [2.75, 3.05) is 20.2 Å². The van der Waals surface area contributed by atoms with E-state index in [1.54, 1.807) is 7.11 Å². The van der Waals surface area contributed by atoms with Crippen molar-refractivity contribution < 1.29 is 9.53 Å².